The first-order chi connectivity index (χ1) is 18.2. The maximum absolute atomic E-state index is 13.4. The summed E-state index contributed by atoms with van der Waals surface area (Å²) >= 11 is 6.39. The molecule has 2 N–H and O–H groups in total. The molecule has 0 unspecified atom stereocenters. The van der Waals surface area contributed by atoms with Gasteiger partial charge >= 0.3 is 0 Å². The van der Waals surface area contributed by atoms with E-state index in [1.54, 1.807) is 32.0 Å². The van der Waals surface area contributed by atoms with E-state index in [1.807, 2.05) is 42.5 Å². The number of para-hydroxylation sites is 1. The van der Waals surface area contributed by atoms with Crippen molar-refractivity contribution in [2.24, 2.45) is 0 Å². The van der Waals surface area contributed by atoms with Crippen LogP contribution in [-0.2, 0) is 10.0 Å². The Morgan fingerprint density at radius 3 is 2.18 bits per heavy atom. The number of rotatable bonds is 6. The zero-order valence-corrected chi connectivity index (χ0v) is 22.0. The van der Waals surface area contributed by atoms with Crippen LogP contribution < -0.4 is 10.0 Å². The highest BCUT2D eigenvalue weighted by Crippen LogP contribution is 2.30. The molecular weight excluding hydrogens is 522 g/mol. The number of aryl methyl sites for hydroxylation is 2. The standard InChI is InChI=1S/C28H22ClN5O3S/c1-17-15-18(2)31-28(30-17)34-38(36,37)20-13-11-19(12-14-20)32-27(35)23-16-26(22-8-3-5-9-24(22)29)33-25-10-6-4-7-21(23)25/h3-16H,1-2H3,(H,32,35)(H,30,31,34). The molecule has 8 nitrogen and oxygen atoms in total. The molecule has 0 aliphatic carbocycles. The molecule has 2 heterocycles. The number of sulfonamides is 1. The number of hydrogen-bond donors (Lipinski definition) is 2. The monoisotopic (exact) mass is 543 g/mol. The minimum Gasteiger partial charge on any atom is -0.322 e. The third-order valence-electron chi connectivity index (χ3n) is 5.74. The van der Waals surface area contributed by atoms with Gasteiger partial charge in [0.1, 0.15) is 0 Å². The lowest BCUT2D eigenvalue weighted by Crippen LogP contribution is -2.16. The Labute approximate surface area is 224 Å². The average molecular weight is 544 g/mol. The van der Waals surface area contributed by atoms with E-state index in [1.165, 1.54) is 24.3 Å². The first-order valence-corrected chi connectivity index (χ1v) is 13.5. The van der Waals surface area contributed by atoms with E-state index < -0.39 is 10.0 Å². The van der Waals surface area contributed by atoms with Crippen LogP contribution in [0.5, 0.6) is 0 Å². The van der Waals surface area contributed by atoms with Crippen LogP contribution in [0.15, 0.2) is 89.8 Å². The van der Waals surface area contributed by atoms with Crippen LogP contribution in [0, 0.1) is 13.8 Å². The fourth-order valence-corrected chi connectivity index (χ4v) is 5.21. The number of fused-ring (bicyclic) bond motifs is 1. The second-order valence-corrected chi connectivity index (χ2v) is 10.7. The minimum absolute atomic E-state index is 0.00114. The number of nitrogens with one attached hydrogen (secondary N) is 2. The van der Waals surface area contributed by atoms with E-state index in [4.69, 9.17) is 16.6 Å². The lowest BCUT2D eigenvalue weighted by molar-refractivity contribution is 0.102. The van der Waals surface area contributed by atoms with E-state index in [9.17, 15) is 13.2 Å². The Morgan fingerprint density at radius 1 is 0.816 bits per heavy atom. The summed E-state index contributed by atoms with van der Waals surface area (Å²) in [5, 5.41) is 4.05. The summed E-state index contributed by atoms with van der Waals surface area (Å²) in [5.41, 5.74) is 4.07. The van der Waals surface area contributed by atoms with Gasteiger partial charge < -0.3 is 5.32 Å². The number of amides is 1. The Morgan fingerprint density at radius 2 is 1.47 bits per heavy atom. The van der Waals surface area contributed by atoms with Gasteiger partial charge in [0.25, 0.3) is 15.9 Å². The molecule has 190 valence electrons. The van der Waals surface area contributed by atoms with Crippen molar-refractivity contribution >= 4 is 50.1 Å². The number of carbonyl (C=O) groups excluding carboxylic acids is 1. The molecular formula is C28H22ClN5O3S. The van der Waals surface area contributed by atoms with Gasteiger partial charge in [-0.05, 0) is 62.4 Å². The molecule has 5 aromatic rings. The van der Waals surface area contributed by atoms with Crippen molar-refractivity contribution in [2.45, 2.75) is 18.7 Å². The second-order valence-electron chi connectivity index (χ2n) is 8.61. The molecule has 0 saturated heterocycles. The number of anilines is 2. The molecule has 5 rings (SSSR count). The van der Waals surface area contributed by atoms with Gasteiger partial charge in [-0.2, -0.15) is 0 Å². The topological polar surface area (TPSA) is 114 Å². The summed E-state index contributed by atoms with van der Waals surface area (Å²) in [5.74, 6) is -0.368. The molecule has 10 heteroatoms. The second kappa shape index (κ2) is 10.2. The van der Waals surface area contributed by atoms with Crippen molar-refractivity contribution in [1.29, 1.82) is 0 Å². The largest absolute Gasteiger partial charge is 0.322 e. The summed E-state index contributed by atoms with van der Waals surface area (Å²) in [4.78, 5) is 26.3. The van der Waals surface area contributed by atoms with Crippen LogP contribution in [0.1, 0.15) is 21.7 Å². The highest BCUT2D eigenvalue weighted by molar-refractivity contribution is 7.92. The highest BCUT2D eigenvalue weighted by Gasteiger charge is 2.18. The molecule has 1 amide bonds. The Bertz CT molecular complexity index is 1770. The molecule has 0 aliphatic rings. The van der Waals surface area contributed by atoms with Crippen molar-refractivity contribution in [2.75, 3.05) is 10.0 Å². The third-order valence-corrected chi connectivity index (χ3v) is 7.41. The number of aromatic nitrogens is 3. The Balaban J connectivity index is 1.42. The lowest BCUT2D eigenvalue weighted by atomic mass is 10.0. The quantitative estimate of drug-likeness (QED) is 0.271. The highest BCUT2D eigenvalue weighted by atomic mass is 35.5. The van der Waals surface area contributed by atoms with Gasteiger partial charge in [0.2, 0.25) is 5.95 Å². The molecule has 0 bridgehead atoms. The van der Waals surface area contributed by atoms with Gasteiger partial charge in [0.15, 0.2) is 0 Å². The SMILES string of the molecule is Cc1cc(C)nc(NS(=O)(=O)c2ccc(NC(=O)c3cc(-c4ccccc4Cl)nc4ccccc34)cc2)n1. The summed E-state index contributed by atoms with van der Waals surface area (Å²) in [6.45, 7) is 3.51. The fraction of sp³-hybridized carbons (Fsp3) is 0.0714. The molecule has 2 aromatic heterocycles. The lowest BCUT2D eigenvalue weighted by Gasteiger charge is -2.12. The molecule has 0 spiro atoms. The van der Waals surface area contributed by atoms with Gasteiger partial charge in [-0.25, -0.2) is 28.1 Å². The van der Waals surface area contributed by atoms with Crippen LogP contribution in [0.25, 0.3) is 22.2 Å². The number of pyridine rings is 1. The van der Waals surface area contributed by atoms with Crippen LogP contribution >= 0.6 is 11.6 Å². The fourth-order valence-electron chi connectivity index (χ4n) is 4.04. The third kappa shape index (κ3) is 5.34. The Kier molecular flexibility index (Phi) is 6.79. The predicted octanol–water partition coefficient (Wildman–Crippen LogP) is 6.02. The molecule has 0 aliphatic heterocycles. The maximum Gasteiger partial charge on any atom is 0.264 e. The van der Waals surface area contributed by atoms with Gasteiger partial charge in [0, 0.05) is 33.0 Å². The van der Waals surface area contributed by atoms with Crippen molar-refractivity contribution in [3.63, 3.8) is 0 Å². The van der Waals surface area contributed by atoms with E-state index >= 15 is 0 Å². The van der Waals surface area contributed by atoms with E-state index in [2.05, 4.69) is 20.0 Å². The minimum atomic E-state index is -3.92. The van der Waals surface area contributed by atoms with Crippen molar-refractivity contribution in [3.8, 4) is 11.3 Å². The molecule has 3 aromatic carbocycles. The maximum atomic E-state index is 13.4. The molecule has 0 fully saturated rings. The Hall–Kier alpha value is -4.34. The summed E-state index contributed by atoms with van der Waals surface area (Å²) in [7, 11) is -3.92. The van der Waals surface area contributed by atoms with Crippen LogP contribution in [0.2, 0.25) is 5.02 Å². The number of nitrogens with zero attached hydrogens (tertiary/aromatic N) is 3. The number of benzene rings is 3. The smallest absolute Gasteiger partial charge is 0.264 e. The summed E-state index contributed by atoms with van der Waals surface area (Å²) < 4.78 is 28.1. The first kappa shape index (κ1) is 25.3. The van der Waals surface area contributed by atoms with Crippen LogP contribution in [0.3, 0.4) is 0 Å². The van der Waals surface area contributed by atoms with E-state index in [0.717, 1.165) is 0 Å². The molecule has 38 heavy (non-hydrogen) atoms. The van der Waals surface area contributed by atoms with E-state index in [-0.39, 0.29) is 16.8 Å². The van der Waals surface area contributed by atoms with Gasteiger partial charge in [-0.15, -0.1) is 0 Å². The van der Waals surface area contributed by atoms with Crippen molar-refractivity contribution in [3.05, 3.63) is 107 Å². The zero-order chi connectivity index (χ0) is 26.9. The van der Waals surface area contributed by atoms with Gasteiger partial charge in [-0.3, -0.25) is 4.79 Å². The van der Waals surface area contributed by atoms with Crippen LogP contribution in [0.4, 0.5) is 11.6 Å². The molecule has 0 radical (unpaired) electrons. The van der Waals surface area contributed by atoms with Gasteiger partial charge in [0.05, 0.1) is 21.7 Å². The van der Waals surface area contributed by atoms with Crippen LogP contribution in [-0.4, -0.2) is 29.3 Å². The first-order valence-electron chi connectivity index (χ1n) is 11.6. The normalized spacial score (nSPS) is 11.3. The molecule has 0 atom stereocenters. The zero-order valence-electron chi connectivity index (χ0n) is 20.4. The summed E-state index contributed by atoms with van der Waals surface area (Å²) in [6.07, 6.45) is 0. The van der Waals surface area contributed by atoms with E-state index in [0.29, 0.717) is 49.8 Å². The summed E-state index contributed by atoms with van der Waals surface area (Å²) in [6, 6.07) is 23.9. The number of hydrogen-bond acceptors (Lipinski definition) is 6. The number of halogens is 1. The van der Waals surface area contributed by atoms with Gasteiger partial charge in [-0.1, -0.05) is 48.0 Å². The van der Waals surface area contributed by atoms with Crippen molar-refractivity contribution in [1.82, 2.24) is 15.0 Å². The predicted molar refractivity (Wildman–Crippen MR) is 149 cm³/mol. The molecule has 0 saturated carbocycles. The average Bonchev–Trinajstić information content (AvgIpc) is 2.87. The van der Waals surface area contributed by atoms with Crippen molar-refractivity contribution < 1.29 is 13.2 Å². The number of carbonyl (C=O) groups is 1.